The minimum Gasteiger partial charge on any atom is -0.373 e. The van der Waals surface area contributed by atoms with E-state index < -0.39 is 26.6 Å². The van der Waals surface area contributed by atoms with E-state index >= 15 is 4.39 Å². The molecule has 4 rings (SSSR count). The van der Waals surface area contributed by atoms with Gasteiger partial charge in [0.2, 0.25) is 5.91 Å². The third-order valence-corrected chi connectivity index (χ3v) is 10.3. The average Bonchev–Trinajstić information content (AvgIpc) is 3.69. The molecule has 4 N–H and O–H groups in total. The smallest absolute Gasteiger partial charge is 0.243 e. The summed E-state index contributed by atoms with van der Waals surface area (Å²) in [7, 11) is -3.47. The van der Waals surface area contributed by atoms with Crippen LogP contribution >= 0.6 is 11.6 Å². The molecule has 38 heavy (non-hydrogen) atoms. The molecule has 1 aliphatic heterocycles. The summed E-state index contributed by atoms with van der Waals surface area (Å²) in [6.07, 6.45) is 2.09. The fourth-order valence-electron chi connectivity index (χ4n) is 5.18. The van der Waals surface area contributed by atoms with Gasteiger partial charge in [0.15, 0.2) is 9.84 Å². The summed E-state index contributed by atoms with van der Waals surface area (Å²) in [5.41, 5.74) is 1.71. The van der Waals surface area contributed by atoms with Crippen LogP contribution in [0.3, 0.4) is 0 Å². The molecule has 2 aromatic carbocycles. The molecule has 0 radical (unpaired) electrons. The van der Waals surface area contributed by atoms with Gasteiger partial charge in [-0.15, -0.1) is 0 Å². The fraction of sp³-hybridized carbons (Fsp3) is 0.536. The van der Waals surface area contributed by atoms with Gasteiger partial charge in [0, 0.05) is 47.9 Å². The van der Waals surface area contributed by atoms with Crippen LogP contribution in [0.2, 0.25) is 5.02 Å². The van der Waals surface area contributed by atoms with Crippen LogP contribution < -0.4 is 21.3 Å². The maximum absolute atomic E-state index is 15.3. The zero-order chi connectivity index (χ0) is 27.5. The molecular formula is C28H38ClFN4O3S. The highest BCUT2D eigenvalue weighted by Gasteiger charge is 2.52. The van der Waals surface area contributed by atoms with Gasteiger partial charge < -0.3 is 16.0 Å². The number of rotatable bonds is 11. The summed E-state index contributed by atoms with van der Waals surface area (Å²) in [6, 6.07) is 11.2. The lowest BCUT2D eigenvalue weighted by Crippen LogP contribution is -2.67. The van der Waals surface area contributed by atoms with Crippen LogP contribution in [-0.2, 0) is 27.5 Å². The molecule has 0 aromatic heterocycles. The number of anilines is 1. The average molecular weight is 565 g/mol. The number of amides is 1. The quantitative estimate of drug-likeness (QED) is 0.331. The van der Waals surface area contributed by atoms with Crippen molar-refractivity contribution in [3.05, 3.63) is 64.4 Å². The first-order valence-electron chi connectivity index (χ1n) is 13.3. The van der Waals surface area contributed by atoms with Crippen LogP contribution in [0.1, 0.15) is 51.2 Å². The predicted octanol–water partition coefficient (Wildman–Crippen LogP) is 3.81. The Hall–Kier alpha value is -2.20. The van der Waals surface area contributed by atoms with Crippen LogP contribution in [0.5, 0.6) is 0 Å². The van der Waals surface area contributed by atoms with Crippen molar-refractivity contribution in [2.45, 2.75) is 81.1 Å². The van der Waals surface area contributed by atoms with Crippen molar-refractivity contribution in [2.75, 3.05) is 18.4 Å². The highest BCUT2D eigenvalue weighted by molar-refractivity contribution is 7.93. The zero-order valence-electron chi connectivity index (χ0n) is 22.2. The number of sulfone groups is 1. The molecule has 2 fully saturated rings. The van der Waals surface area contributed by atoms with E-state index in [1.165, 1.54) is 6.07 Å². The van der Waals surface area contributed by atoms with Crippen LogP contribution in [-0.4, -0.2) is 55.7 Å². The molecule has 10 heteroatoms. The van der Waals surface area contributed by atoms with Crippen LogP contribution in [0.15, 0.2) is 42.5 Å². The summed E-state index contributed by atoms with van der Waals surface area (Å²) in [4.78, 5) is 12.0. The highest BCUT2D eigenvalue weighted by Crippen LogP contribution is 2.38. The number of piperazine rings is 1. The third-order valence-electron chi connectivity index (χ3n) is 7.18. The molecule has 2 aromatic rings. The summed E-state index contributed by atoms with van der Waals surface area (Å²) >= 11 is 6.17. The minimum atomic E-state index is -3.47. The molecule has 1 aliphatic carbocycles. The van der Waals surface area contributed by atoms with Crippen LogP contribution in [0.25, 0.3) is 0 Å². The first kappa shape index (κ1) is 28.8. The predicted molar refractivity (Wildman–Crippen MR) is 151 cm³/mol. The normalized spacial score (nSPS) is 22.7. The third kappa shape index (κ3) is 6.68. The number of benzene rings is 2. The maximum Gasteiger partial charge on any atom is 0.243 e. The van der Waals surface area contributed by atoms with Crippen molar-refractivity contribution in [2.24, 2.45) is 0 Å². The number of hydrogen-bond acceptors (Lipinski definition) is 6. The zero-order valence-corrected chi connectivity index (χ0v) is 23.8. The van der Waals surface area contributed by atoms with E-state index in [9.17, 15) is 13.2 Å². The first-order chi connectivity index (χ1) is 18.0. The van der Waals surface area contributed by atoms with Gasteiger partial charge in [0.25, 0.3) is 0 Å². The lowest BCUT2D eigenvalue weighted by molar-refractivity contribution is -0.122. The molecule has 2 aliphatic rings. The van der Waals surface area contributed by atoms with Crippen molar-refractivity contribution in [1.82, 2.24) is 16.0 Å². The van der Waals surface area contributed by atoms with Crippen molar-refractivity contribution in [1.29, 1.82) is 0 Å². The molecule has 7 nitrogen and oxygen atoms in total. The van der Waals surface area contributed by atoms with Gasteiger partial charge in [0.1, 0.15) is 16.7 Å². The summed E-state index contributed by atoms with van der Waals surface area (Å²) < 4.78 is 42.3. The Morgan fingerprint density at radius 1 is 1.21 bits per heavy atom. The second kappa shape index (κ2) is 11.9. The monoisotopic (exact) mass is 564 g/mol. The second-order valence-corrected chi connectivity index (χ2v) is 13.8. The Morgan fingerprint density at radius 3 is 2.61 bits per heavy atom. The summed E-state index contributed by atoms with van der Waals surface area (Å²) in [6.45, 7) is 6.67. The lowest BCUT2D eigenvalue weighted by Gasteiger charge is -2.41. The van der Waals surface area contributed by atoms with Gasteiger partial charge >= 0.3 is 0 Å². The van der Waals surface area contributed by atoms with E-state index in [1.807, 2.05) is 32.9 Å². The molecule has 1 saturated carbocycles. The van der Waals surface area contributed by atoms with Gasteiger partial charge in [-0.3, -0.25) is 10.1 Å². The molecule has 1 heterocycles. The Labute approximate surface area is 230 Å². The SMILES string of the molecule is CC(C)NC(=O)[C@H](Cc1cccc(Cl)c1)Nc1cccc(F)c1CC[C@]1(S(=O)(=O)C2CC2)CNC[C@H](C)N1. The molecule has 3 atom stereocenters. The van der Waals surface area contributed by atoms with E-state index in [0.717, 1.165) is 5.56 Å². The van der Waals surface area contributed by atoms with Crippen molar-refractivity contribution >= 4 is 33.0 Å². The van der Waals surface area contributed by atoms with E-state index in [0.29, 0.717) is 42.1 Å². The first-order valence-corrected chi connectivity index (χ1v) is 15.2. The second-order valence-electron chi connectivity index (χ2n) is 10.9. The molecule has 1 saturated heterocycles. The minimum absolute atomic E-state index is 0.0303. The molecule has 208 valence electrons. The van der Waals surface area contributed by atoms with E-state index in [-0.39, 0.29) is 42.6 Å². The number of hydrogen-bond donors (Lipinski definition) is 4. The van der Waals surface area contributed by atoms with Gasteiger partial charge in [-0.2, -0.15) is 0 Å². The maximum atomic E-state index is 15.3. The fourth-order valence-corrected chi connectivity index (χ4v) is 7.84. The van der Waals surface area contributed by atoms with Crippen molar-refractivity contribution in [3.8, 4) is 0 Å². The van der Waals surface area contributed by atoms with Crippen LogP contribution in [0.4, 0.5) is 10.1 Å². The molecule has 1 amide bonds. The van der Waals surface area contributed by atoms with Gasteiger partial charge in [-0.05, 0) is 76.3 Å². The van der Waals surface area contributed by atoms with Gasteiger partial charge in [-0.25, -0.2) is 12.8 Å². The summed E-state index contributed by atoms with van der Waals surface area (Å²) in [5.74, 6) is -0.647. The Balaban J connectivity index is 1.61. The highest BCUT2D eigenvalue weighted by atomic mass is 35.5. The van der Waals surface area contributed by atoms with E-state index in [1.54, 1.807) is 24.3 Å². The lowest BCUT2D eigenvalue weighted by atomic mass is 9.99. The molecule has 0 spiro atoms. The van der Waals surface area contributed by atoms with Crippen LogP contribution in [0, 0.1) is 5.82 Å². The number of halogens is 2. The standard InChI is InChI=1S/C28H38ClFN4O3S/c1-18(2)32-27(35)26(15-20-6-4-7-21(29)14-20)33-25-9-5-8-24(30)23(25)12-13-28(17-31-16-19(3)34-28)38(36,37)22-10-11-22/h4-9,14,18-19,22,26,31,33-34H,10-13,15-17H2,1-3H3,(H,32,35)/t19-,26-,28-/m0/s1. The number of carbonyl (C=O) groups is 1. The largest absolute Gasteiger partial charge is 0.373 e. The summed E-state index contributed by atoms with van der Waals surface area (Å²) in [5, 5.41) is 13.0. The van der Waals surface area contributed by atoms with Crippen molar-refractivity contribution in [3.63, 3.8) is 0 Å². The van der Waals surface area contributed by atoms with Gasteiger partial charge in [-0.1, -0.05) is 29.8 Å². The van der Waals surface area contributed by atoms with E-state index in [2.05, 4.69) is 21.3 Å². The Bertz CT molecular complexity index is 1250. The number of nitrogens with one attached hydrogen (secondary N) is 4. The molecule has 0 unspecified atom stereocenters. The Morgan fingerprint density at radius 2 is 1.95 bits per heavy atom. The van der Waals surface area contributed by atoms with Gasteiger partial charge in [0.05, 0.1) is 5.25 Å². The molecule has 0 bridgehead atoms. The van der Waals surface area contributed by atoms with E-state index in [4.69, 9.17) is 11.6 Å². The molecular weight excluding hydrogens is 527 g/mol. The number of carbonyl (C=O) groups excluding carboxylic acids is 1. The Kier molecular flexibility index (Phi) is 9.02. The van der Waals surface area contributed by atoms with Crippen molar-refractivity contribution < 1.29 is 17.6 Å². The topological polar surface area (TPSA) is 99.3 Å².